The summed E-state index contributed by atoms with van der Waals surface area (Å²) >= 11 is 3.42. The Hall–Kier alpha value is -1.30. The lowest BCUT2D eigenvalue weighted by Gasteiger charge is -2.14. The van der Waals surface area contributed by atoms with Crippen LogP contribution in [0.5, 0.6) is 0 Å². The van der Waals surface area contributed by atoms with E-state index in [0.29, 0.717) is 5.82 Å². The van der Waals surface area contributed by atoms with Crippen LogP contribution in [0.4, 0.5) is 0 Å². The first-order chi connectivity index (χ1) is 8.69. The lowest BCUT2D eigenvalue weighted by atomic mass is 10.1. The molecule has 5 heteroatoms. The number of hydrogen-bond acceptors (Lipinski definition) is 4. The SMILES string of the molecule is Cc1cnc(C(Cc2ccc(Br)cc2)NN)nc1. The second kappa shape index (κ2) is 6.04. The average Bonchev–Trinajstić information content (AvgIpc) is 2.39. The zero-order valence-corrected chi connectivity index (χ0v) is 11.7. The van der Waals surface area contributed by atoms with Crippen LogP contribution in [0.1, 0.15) is 23.0 Å². The third-order valence-electron chi connectivity index (χ3n) is 2.67. The van der Waals surface area contributed by atoms with E-state index in [-0.39, 0.29) is 6.04 Å². The Balaban J connectivity index is 2.14. The van der Waals surface area contributed by atoms with Gasteiger partial charge in [0.25, 0.3) is 0 Å². The summed E-state index contributed by atoms with van der Waals surface area (Å²) in [6.07, 6.45) is 4.36. The van der Waals surface area contributed by atoms with E-state index in [2.05, 4.69) is 43.5 Å². The van der Waals surface area contributed by atoms with Gasteiger partial charge in [0, 0.05) is 16.9 Å². The minimum Gasteiger partial charge on any atom is -0.271 e. The smallest absolute Gasteiger partial charge is 0.146 e. The minimum absolute atomic E-state index is 0.0771. The van der Waals surface area contributed by atoms with Crippen LogP contribution in [0.3, 0.4) is 0 Å². The van der Waals surface area contributed by atoms with E-state index in [4.69, 9.17) is 5.84 Å². The molecule has 1 aromatic heterocycles. The molecule has 4 nitrogen and oxygen atoms in total. The van der Waals surface area contributed by atoms with Crippen LogP contribution in [0, 0.1) is 6.92 Å². The average molecular weight is 307 g/mol. The fraction of sp³-hybridized carbons (Fsp3) is 0.231. The molecule has 0 aliphatic carbocycles. The zero-order valence-electron chi connectivity index (χ0n) is 10.1. The van der Waals surface area contributed by atoms with Crippen molar-refractivity contribution in [3.63, 3.8) is 0 Å². The molecule has 3 N–H and O–H groups in total. The van der Waals surface area contributed by atoms with Crippen LogP contribution in [-0.2, 0) is 6.42 Å². The van der Waals surface area contributed by atoms with Crippen LogP contribution < -0.4 is 11.3 Å². The largest absolute Gasteiger partial charge is 0.271 e. The first-order valence-electron chi connectivity index (χ1n) is 5.68. The highest BCUT2D eigenvalue weighted by Gasteiger charge is 2.13. The molecule has 0 fully saturated rings. The van der Waals surface area contributed by atoms with Gasteiger partial charge in [0.1, 0.15) is 5.82 Å². The fourth-order valence-electron chi connectivity index (χ4n) is 1.66. The summed E-state index contributed by atoms with van der Waals surface area (Å²) in [5.41, 5.74) is 4.99. The normalized spacial score (nSPS) is 12.4. The van der Waals surface area contributed by atoms with Crippen molar-refractivity contribution in [3.8, 4) is 0 Å². The molecule has 18 heavy (non-hydrogen) atoms. The zero-order chi connectivity index (χ0) is 13.0. The van der Waals surface area contributed by atoms with Gasteiger partial charge in [-0.2, -0.15) is 0 Å². The highest BCUT2D eigenvalue weighted by Crippen LogP contribution is 2.16. The Labute approximate surface area is 115 Å². The quantitative estimate of drug-likeness (QED) is 0.672. The van der Waals surface area contributed by atoms with Gasteiger partial charge in [0.2, 0.25) is 0 Å². The Bertz CT molecular complexity index is 495. The van der Waals surface area contributed by atoms with E-state index in [9.17, 15) is 0 Å². The van der Waals surface area contributed by atoms with Gasteiger partial charge in [-0.25, -0.2) is 15.4 Å². The molecule has 2 rings (SSSR count). The van der Waals surface area contributed by atoms with E-state index in [1.54, 1.807) is 12.4 Å². The summed E-state index contributed by atoms with van der Waals surface area (Å²) in [5.74, 6) is 6.30. The van der Waals surface area contributed by atoms with Crippen molar-refractivity contribution in [1.29, 1.82) is 0 Å². The van der Waals surface area contributed by atoms with Crippen molar-refractivity contribution in [2.24, 2.45) is 5.84 Å². The molecule has 0 radical (unpaired) electrons. The third kappa shape index (κ3) is 3.35. The van der Waals surface area contributed by atoms with Crippen LogP contribution in [0.25, 0.3) is 0 Å². The number of rotatable bonds is 4. The maximum Gasteiger partial charge on any atom is 0.146 e. The number of nitrogens with two attached hydrogens (primary N) is 1. The number of benzene rings is 1. The Morgan fingerprint density at radius 3 is 2.39 bits per heavy atom. The molecule has 0 bridgehead atoms. The molecule has 2 aromatic rings. The molecule has 0 amide bonds. The molecule has 1 atom stereocenters. The van der Waals surface area contributed by atoms with E-state index < -0.39 is 0 Å². The summed E-state index contributed by atoms with van der Waals surface area (Å²) in [7, 11) is 0. The molecule has 1 unspecified atom stereocenters. The first kappa shape index (κ1) is 13.1. The van der Waals surface area contributed by atoms with Crippen LogP contribution in [0.2, 0.25) is 0 Å². The topological polar surface area (TPSA) is 63.8 Å². The molecule has 0 aliphatic heterocycles. The number of aromatic nitrogens is 2. The predicted octanol–water partition coefficient (Wildman–Crippen LogP) is 2.29. The molecular formula is C13H15BrN4. The molecule has 0 saturated heterocycles. The van der Waals surface area contributed by atoms with E-state index >= 15 is 0 Å². The summed E-state index contributed by atoms with van der Waals surface area (Å²) in [5, 5.41) is 0. The van der Waals surface area contributed by atoms with Crippen molar-refractivity contribution >= 4 is 15.9 Å². The summed E-state index contributed by atoms with van der Waals surface area (Å²) in [6.45, 7) is 1.96. The number of hydrazine groups is 1. The Morgan fingerprint density at radius 2 is 1.83 bits per heavy atom. The maximum absolute atomic E-state index is 5.58. The molecule has 0 aliphatic rings. The van der Waals surface area contributed by atoms with Crippen molar-refractivity contribution in [2.45, 2.75) is 19.4 Å². The van der Waals surface area contributed by atoms with Crippen LogP contribution in [-0.4, -0.2) is 9.97 Å². The van der Waals surface area contributed by atoms with Gasteiger partial charge in [-0.3, -0.25) is 5.84 Å². The molecular weight excluding hydrogens is 292 g/mol. The van der Waals surface area contributed by atoms with Gasteiger partial charge in [0.05, 0.1) is 6.04 Å². The van der Waals surface area contributed by atoms with Gasteiger partial charge in [-0.1, -0.05) is 28.1 Å². The van der Waals surface area contributed by atoms with Gasteiger partial charge in [0.15, 0.2) is 0 Å². The number of aryl methyl sites for hydroxylation is 1. The molecule has 94 valence electrons. The number of halogens is 1. The third-order valence-corrected chi connectivity index (χ3v) is 3.20. The van der Waals surface area contributed by atoms with Crippen molar-refractivity contribution in [2.75, 3.05) is 0 Å². The first-order valence-corrected chi connectivity index (χ1v) is 6.47. The highest BCUT2D eigenvalue weighted by atomic mass is 79.9. The molecule has 0 saturated carbocycles. The summed E-state index contributed by atoms with van der Waals surface area (Å²) in [4.78, 5) is 8.60. The van der Waals surface area contributed by atoms with Crippen molar-refractivity contribution in [3.05, 3.63) is 58.1 Å². The monoisotopic (exact) mass is 306 g/mol. The number of nitrogens with one attached hydrogen (secondary N) is 1. The second-order valence-corrected chi connectivity index (χ2v) is 5.08. The fourth-order valence-corrected chi connectivity index (χ4v) is 1.93. The summed E-state index contributed by atoms with van der Waals surface area (Å²) in [6, 6.07) is 8.06. The number of hydrogen-bond donors (Lipinski definition) is 2. The molecule has 1 heterocycles. The van der Waals surface area contributed by atoms with E-state index in [1.807, 2.05) is 19.1 Å². The van der Waals surface area contributed by atoms with Gasteiger partial charge < -0.3 is 0 Å². The minimum atomic E-state index is -0.0771. The Morgan fingerprint density at radius 1 is 1.22 bits per heavy atom. The lowest BCUT2D eigenvalue weighted by molar-refractivity contribution is 0.522. The number of nitrogens with zero attached hydrogens (tertiary/aromatic N) is 2. The molecule has 1 aromatic carbocycles. The summed E-state index contributed by atoms with van der Waals surface area (Å²) < 4.78 is 1.06. The Kier molecular flexibility index (Phi) is 4.41. The lowest BCUT2D eigenvalue weighted by Crippen LogP contribution is -2.31. The van der Waals surface area contributed by atoms with Crippen LogP contribution in [0.15, 0.2) is 41.1 Å². The van der Waals surface area contributed by atoms with Crippen molar-refractivity contribution in [1.82, 2.24) is 15.4 Å². The second-order valence-electron chi connectivity index (χ2n) is 4.17. The van der Waals surface area contributed by atoms with E-state index in [1.165, 1.54) is 5.56 Å². The predicted molar refractivity (Wildman–Crippen MR) is 74.7 cm³/mol. The van der Waals surface area contributed by atoms with Gasteiger partial charge >= 0.3 is 0 Å². The molecule has 0 spiro atoms. The standard InChI is InChI=1S/C13H15BrN4/c1-9-7-16-13(17-8-9)12(18-15)6-10-2-4-11(14)5-3-10/h2-5,7-8,12,18H,6,15H2,1H3. The van der Waals surface area contributed by atoms with Crippen LogP contribution >= 0.6 is 15.9 Å². The van der Waals surface area contributed by atoms with Gasteiger partial charge in [-0.05, 0) is 36.6 Å². The van der Waals surface area contributed by atoms with E-state index in [0.717, 1.165) is 16.5 Å². The maximum atomic E-state index is 5.58. The highest BCUT2D eigenvalue weighted by molar-refractivity contribution is 9.10. The van der Waals surface area contributed by atoms with Gasteiger partial charge in [-0.15, -0.1) is 0 Å². The van der Waals surface area contributed by atoms with Crippen molar-refractivity contribution < 1.29 is 0 Å².